The van der Waals surface area contributed by atoms with Crippen LogP contribution < -0.4 is 20.3 Å². The molecule has 0 bridgehead atoms. The molecule has 0 spiro atoms. The number of nitrogens with one attached hydrogen (secondary N) is 1. The Morgan fingerprint density at radius 3 is 2.72 bits per heavy atom. The van der Waals surface area contributed by atoms with Crippen molar-refractivity contribution >= 4 is 27.5 Å². The summed E-state index contributed by atoms with van der Waals surface area (Å²) in [5.41, 5.74) is 1.72. The molecule has 3 heterocycles. The first-order valence-electron chi connectivity index (χ1n) is 10.3. The number of thiophene rings is 1. The van der Waals surface area contributed by atoms with Gasteiger partial charge in [0.2, 0.25) is 5.91 Å². The molecule has 8 heteroatoms. The number of amides is 1. The highest BCUT2D eigenvalue weighted by molar-refractivity contribution is 7.22. The van der Waals surface area contributed by atoms with Crippen molar-refractivity contribution in [2.75, 3.05) is 13.2 Å². The van der Waals surface area contributed by atoms with E-state index in [0.717, 1.165) is 16.0 Å². The maximum Gasteiger partial charge on any atom is 0.262 e. The number of aromatic nitrogens is 2. The van der Waals surface area contributed by atoms with Crippen LogP contribution >= 0.6 is 11.3 Å². The Bertz CT molecular complexity index is 1350. The molecular weight excluding hydrogens is 426 g/mol. The number of carbonyl (C=O) groups is 1. The highest BCUT2D eigenvalue weighted by atomic mass is 32.1. The van der Waals surface area contributed by atoms with Crippen molar-refractivity contribution in [3.63, 3.8) is 0 Å². The van der Waals surface area contributed by atoms with Crippen LogP contribution in [0.4, 0.5) is 0 Å². The van der Waals surface area contributed by atoms with Crippen molar-refractivity contribution in [1.82, 2.24) is 14.9 Å². The SMILES string of the molecule is Cc1c(-c2ccccc2)sc2ncn(CC(=O)NCC3COc4ccccc4O3)c(=O)c12. The second-order valence-electron chi connectivity index (χ2n) is 7.58. The largest absolute Gasteiger partial charge is 0.486 e. The van der Waals surface area contributed by atoms with E-state index < -0.39 is 0 Å². The Labute approximate surface area is 188 Å². The van der Waals surface area contributed by atoms with E-state index in [4.69, 9.17) is 9.47 Å². The molecular formula is C24H21N3O4S. The third-order valence-corrected chi connectivity index (χ3v) is 6.61. The molecule has 1 aliphatic rings. The average molecular weight is 448 g/mol. The molecule has 2 aromatic heterocycles. The van der Waals surface area contributed by atoms with Gasteiger partial charge in [0.05, 0.1) is 18.3 Å². The van der Waals surface area contributed by atoms with Gasteiger partial charge in [-0.2, -0.15) is 0 Å². The van der Waals surface area contributed by atoms with E-state index in [-0.39, 0.29) is 30.7 Å². The first-order chi connectivity index (χ1) is 15.6. The lowest BCUT2D eigenvalue weighted by Crippen LogP contribution is -2.42. The molecule has 1 unspecified atom stereocenters. The molecule has 0 aliphatic carbocycles. The van der Waals surface area contributed by atoms with Crippen molar-refractivity contribution in [3.05, 3.63) is 76.8 Å². The van der Waals surface area contributed by atoms with Crippen LogP contribution in [0, 0.1) is 6.92 Å². The van der Waals surface area contributed by atoms with Gasteiger partial charge in [0.1, 0.15) is 24.1 Å². The Balaban J connectivity index is 1.29. The van der Waals surface area contributed by atoms with Crippen LogP contribution in [0.25, 0.3) is 20.7 Å². The minimum atomic E-state index is -0.293. The normalized spacial score (nSPS) is 15.0. The number of rotatable bonds is 5. The van der Waals surface area contributed by atoms with Gasteiger partial charge < -0.3 is 14.8 Å². The van der Waals surface area contributed by atoms with Gasteiger partial charge in [0.15, 0.2) is 11.5 Å². The van der Waals surface area contributed by atoms with Gasteiger partial charge in [0.25, 0.3) is 5.56 Å². The fourth-order valence-corrected chi connectivity index (χ4v) is 4.88. The summed E-state index contributed by atoms with van der Waals surface area (Å²) in [4.78, 5) is 31.7. The van der Waals surface area contributed by atoms with E-state index >= 15 is 0 Å². The number of hydrogen-bond acceptors (Lipinski definition) is 6. The quantitative estimate of drug-likeness (QED) is 0.507. The molecule has 1 N–H and O–H groups in total. The number of hydrogen-bond donors (Lipinski definition) is 1. The molecule has 0 saturated carbocycles. The van der Waals surface area contributed by atoms with Crippen LogP contribution in [-0.4, -0.2) is 34.7 Å². The smallest absolute Gasteiger partial charge is 0.262 e. The van der Waals surface area contributed by atoms with Crippen molar-refractivity contribution in [2.45, 2.75) is 19.6 Å². The van der Waals surface area contributed by atoms with E-state index in [9.17, 15) is 9.59 Å². The number of carbonyl (C=O) groups excluding carboxylic acids is 1. The molecule has 162 valence electrons. The summed E-state index contributed by atoms with van der Waals surface area (Å²) in [7, 11) is 0. The molecule has 0 fully saturated rings. The summed E-state index contributed by atoms with van der Waals surface area (Å²) in [5.74, 6) is 1.07. The van der Waals surface area contributed by atoms with E-state index in [2.05, 4.69) is 10.3 Å². The maximum atomic E-state index is 13.1. The summed E-state index contributed by atoms with van der Waals surface area (Å²) < 4.78 is 12.9. The van der Waals surface area contributed by atoms with Crippen molar-refractivity contribution in [3.8, 4) is 21.9 Å². The van der Waals surface area contributed by atoms with E-state index in [1.54, 1.807) is 0 Å². The lowest BCUT2D eigenvalue weighted by atomic mass is 10.1. The number of ether oxygens (including phenoxy) is 2. The highest BCUT2D eigenvalue weighted by Gasteiger charge is 2.21. The molecule has 4 aromatic rings. The van der Waals surface area contributed by atoms with Gasteiger partial charge in [-0.05, 0) is 30.2 Å². The van der Waals surface area contributed by atoms with Crippen molar-refractivity contribution in [2.24, 2.45) is 0 Å². The first kappa shape index (κ1) is 20.3. The zero-order chi connectivity index (χ0) is 22.1. The van der Waals surface area contributed by atoms with Crippen LogP contribution in [0.2, 0.25) is 0 Å². The molecule has 5 rings (SSSR count). The minimum absolute atomic E-state index is 0.109. The minimum Gasteiger partial charge on any atom is -0.486 e. The molecule has 1 atom stereocenters. The second kappa shape index (κ2) is 8.47. The van der Waals surface area contributed by atoms with Crippen LogP contribution in [0.3, 0.4) is 0 Å². The summed E-state index contributed by atoms with van der Waals surface area (Å²) in [6.07, 6.45) is 1.14. The zero-order valence-corrected chi connectivity index (χ0v) is 18.2. The van der Waals surface area contributed by atoms with E-state index in [1.807, 2.05) is 61.5 Å². The van der Waals surface area contributed by atoms with Crippen molar-refractivity contribution in [1.29, 1.82) is 0 Å². The van der Waals surface area contributed by atoms with Crippen molar-refractivity contribution < 1.29 is 14.3 Å². The number of nitrogens with zero attached hydrogens (tertiary/aromatic N) is 2. The zero-order valence-electron chi connectivity index (χ0n) is 17.4. The number of fused-ring (bicyclic) bond motifs is 2. The Morgan fingerprint density at radius 2 is 1.91 bits per heavy atom. The van der Waals surface area contributed by atoms with Gasteiger partial charge >= 0.3 is 0 Å². The number of para-hydroxylation sites is 2. The predicted octanol–water partition coefficient (Wildman–Crippen LogP) is 3.39. The Kier molecular flexibility index (Phi) is 5.36. The Hall–Kier alpha value is -3.65. The maximum absolute atomic E-state index is 13.1. The van der Waals surface area contributed by atoms with Gasteiger partial charge in [-0.15, -0.1) is 11.3 Å². The molecule has 0 radical (unpaired) electrons. The topological polar surface area (TPSA) is 82.5 Å². The summed E-state index contributed by atoms with van der Waals surface area (Å²) in [6.45, 7) is 2.45. The molecule has 2 aromatic carbocycles. The molecule has 1 amide bonds. The summed E-state index contributed by atoms with van der Waals surface area (Å²) in [6, 6.07) is 17.3. The molecule has 7 nitrogen and oxygen atoms in total. The van der Waals surface area contributed by atoms with Crippen LogP contribution in [0.5, 0.6) is 11.5 Å². The third-order valence-electron chi connectivity index (χ3n) is 5.36. The lowest BCUT2D eigenvalue weighted by Gasteiger charge is -2.26. The van der Waals surface area contributed by atoms with E-state index in [0.29, 0.717) is 28.3 Å². The van der Waals surface area contributed by atoms with Gasteiger partial charge in [-0.3, -0.25) is 14.2 Å². The van der Waals surface area contributed by atoms with Crippen LogP contribution in [0.1, 0.15) is 5.56 Å². The fraction of sp³-hybridized carbons (Fsp3) is 0.208. The average Bonchev–Trinajstić information content (AvgIpc) is 3.17. The Morgan fingerprint density at radius 1 is 1.16 bits per heavy atom. The number of aryl methyl sites for hydroxylation is 1. The van der Waals surface area contributed by atoms with Gasteiger partial charge in [-0.25, -0.2) is 4.98 Å². The monoisotopic (exact) mass is 447 g/mol. The van der Waals surface area contributed by atoms with E-state index in [1.165, 1.54) is 22.2 Å². The molecule has 32 heavy (non-hydrogen) atoms. The van der Waals surface area contributed by atoms with Crippen LogP contribution in [-0.2, 0) is 11.3 Å². The number of benzene rings is 2. The van der Waals surface area contributed by atoms with Gasteiger partial charge in [-0.1, -0.05) is 42.5 Å². The predicted molar refractivity (Wildman–Crippen MR) is 123 cm³/mol. The summed E-state index contributed by atoms with van der Waals surface area (Å²) in [5, 5.41) is 3.38. The second-order valence-corrected chi connectivity index (χ2v) is 8.58. The van der Waals surface area contributed by atoms with Gasteiger partial charge in [0, 0.05) is 4.88 Å². The highest BCUT2D eigenvalue weighted by Crippen LogP contribution is 2.35. The lowest BCUT2D eigenvalue weighted by molar-refractivity contribution is -0.122. The standard InChI is InChI=1S/C24H21N3O4S/c1-15-21-23(32-22(15)16-7-3-2-4-8-16)26-14-27(24(21)29)12-20(28)25-11-17-13-30-18-9-5-6-10-19(18)31-17/h2-10,14,17H,11-13H2,1H3,(H,25,28). The van der Waals surface area contributed by atoms with Crippen LogP contribution in [0.15, 0.2) is 65.7 Å². The molecule has 0 saturated heterocycles. The fourth-order valence-electron chi connectivity index (χ4n) is 3.74. The molecule has 1 aliphatic heterocycles. The summed E-state index contributed by atoms with van der Waals surface area (Å²) >= 11 is 1.49. The first-order valence-corrected chi connectivity index (χ1v) is 11.1. The third kappa shape index (κ3) is 3.85.